The second-order valence-corrected chi connectivity index (χ2v) is 6.27. The fourth-order valence-electron chi connectivity index (χ4n) is 2.30. The quantitative estimate of drug-likeness (QED) is 0.572. The van der Waals surface area contributed by atoms with Crippen molar-refractivity contribution in [1.29, 1.82) is 0 Å². The van der Waals surface area contributed by atoms with Crippen LogP contribution < -0.4 is 10.9 Å². The Balaban J connectivity index is 1.66. The summed E-state index contributed by atoms with van der Waals surface area (Å²) in [7, 11) is 1.67. The normalized spacial score (nSPS) is 10.7. The molecule has 5 nitrogen and oxygen atoms in total. The van der Waals surface area contributed by atoms with Gasteiger partial charge in [-0.05, 0) is 17.7 Å². The van der Waals surface area contributed by atoms with Crippen molar-refractivity contribution in [2.75, 3.05) is 5.75 Å². The van der Waals surface area contributed by atoms with Crippen LogP contribution in [0.4, 0.5) is 0 Å². The molecule has 0 aliphatic rings. The predicted octanol–water partition coefficient (Wildman–Crippen LogP) is 2.34. The maximum Gasteiger partial charge on any atom is 0.261 e. The fourth-order valence-corrected chi connectivity index (χ4v) is 3.11. The number of rotatable bonds is 5. The van der Waals surface area contributed by atoms with Gasteiger partial charge in [0.05, 0.1) is 16.7 Å². The Kier molecular flexibility index (Phi) is 4.96. The number of carbonyl (C=O) groups is 1. The largest absolute Gasteiger partial charge is 0.351 e. The zero-order chi connectivity index (χ0) is 16.9. The molecule has 3 aromatic rings. The van der Waals surface area contributed by atoms with Gasteiger partial charge in [-0.1, -0.05) is 54.2 Å². The number of fused-ring (bicyclic) bond motifs is 1. The number of aromatic nitrogens is 2. The lowest BCUT2D eigenvalue weighted by Crippen LogP contribution is -2.25. The van der Waals surface area contributed by atoms with Gasteiger partial charge in [0.1, 0.15) is 0 Å². The van der Waals surface area contributed by atoms with Crippen molar-refractivity contribution in [2.45, 2.75) is 11.7 Å². The van der Waals surface area contributed by atoms with Crippen LogP contribution in [-0.4, -0.2) is 21.2 Å². The molecule has 0 atom stereocenters. The topological polar surface area (TPSA) is 64.0 Å². The molecule has 1 N–H and O–H groups in total. The zero-order valence-corrected chi connectivity index (χ0v) is 14.0. The van der Waals surface area contributed by atoms with Crippen LogP contribution in [0.5, 0.6) is 0 Å². The lowest BCUT2D eigenvalue weighted by Gasteiger charge is -2.09. The van der Waals surface area contributed by atoms with Crippen molar-refractivity contribution in [3.63, 3.8) is 0 Å². The molecule has 0 radical (unpaired) electrons. The number of amides is 1. The van der Waals surface area contributed by atoms with Crippen molar-refractivity contribution in [1.82, 2.24) is 14.9 Å². The number of thioether (sulfide) groups is 1. The number of nitrogens with one attached hydrogen (secondary N) is 1. The summed E-state index contributed by atoms with van der Waals surface area (Å²) in [6, 6.07) is 16.9. The van der Waals surface area contributed by atoms with Gasteiger partial charge in [0, 0.05) is 13.6 Å². The summed E-state index contributed by atoms with van der Waals surface area (Å²) in [5.41, 5.74) is 1.59. The van der Waals surface area contributed by atoms with E-state index in [0.717, 1.165) is 5.56 Å². The first-order chi connectivity index (χ1) is 11.6. The Morgan fingerprint density at radius 2 is 1.83 bits per heavy atom. The Labute approximate surface area is 143 Å². The number of para-hydroxylation sites is 1. The van der Waals surface area contributed by atoms with Gasteiger partial charge in [0.25, 0.3) is 5.56 Å². The monoisotopic (exact) mass is 339 g/mol. The first-order valence-corrected chi connectivity index (χ1v) is 8.53. The SMILES string of the molecule is Cn1c(SCC(=O)NCc2ccccc2)nc2ccccc2c1=O. The van der Waals surface area contributed by atoms with Crippen molar-refractivity contribution in [2.24, 2.45) is 7.05 Å². The van der Waals surface area contributed by atoms with E-state index in [-0.39, 0.29) is 17.2 Å². The number of carbonyl (C=O) groups excluding carboxylic acids is 1. The molecule has 1 heterocycles. The van der Waals surface area contributed by atoms with E-state index >= 15 is 0 Å². The van der Waals surface area contributed by atoms with Gasteiger partial charge in [-0.15, -0.1) is 0 Å². The Morgan fingerprint density at radius 1 is 1.12 bits per heavy atom. The highest BCUT2D eigenvalue weighted by Gasteiger charge is 2.10. The summed E-state index contributed by atoms with van der Waals surface area (Å²) < 4.78 is 1.48. The van der Waals surface area contributed by atoms with Crippen LogP contribution in [0.25, 0.3) is 10.9 Å². The number of nitrogens with zero attached hydrogens (tertiary/aromatic N) is 2. The van der Waals surface area contributed by atoms with Gasteiger partial charge in [0.15, 0.2) is 5.16 Å². The van der Waals surface area contributed by atoms with Gasteiger partial charge >= 0.3 is 0 Å². The van der Waals surface area contributed by atoms with Gasteiger partial charge in [0.2, 0.25) is 5.91 Å². The third kappa shape index (κ3) is 3.65. The van der Waals surface area contributed by atoms with Gasteiger partial charge in [-0.2, -0.15) is 0 Å². The van der Waals surface area contributed by atoms with E-state index in [0.29, 0.717) is 22.6 Å². The number of hydrogen-bond acceptors (Lipinski definition) is 4. The Hall–Kier alpha value is -2.60. The predicted molar refractivity (Wildman–Crippen MR) is 96.0 cm³/mol. The molecule has 0 spiro atoms. The molecule has 0 unspecified atom stereocenters. The standard InChI is InChI=1S/C18H17N3O2S/c1-21-17(23)14-9-5-6-10-15(14)20-18(21)24-12-16(22)19-11-13-7-3-2-4-8-13/h2-10H,11-12H2,1H3,(H,19,22). The van der Waals surface area contributed by atoms with Crippen LogP contribution in [0.1, 0.15) is 5.56 Å². The Bertz CT molecular complexity index is 922. The van der Waals surface area contributed by atoms with Crippen molar-refractivity contribution < 1.29 is 4.79 Å². The molecule has 0 aliphatic heterocycles. The van der Waals surface area contributed by atoms with E-state index in [9.17, 15) is 9.59 Å². The molecule has 0 aliphatic carbocycles. The third-order valence-corrected chi connectivity index (χ3v) is 4.64. The summed E-state index contributed by atoms with van der Waals surface area (Å²) in [4.78, 5) is 28.8. The molecule has 0 saturated carbocycles. The van der Waals surface area contributed by atoms with E-state index < -0.39 is 0 Å². The van der Waals surface area contributed by atoms with Crippen LogP contribution in [0.3, 0.4) is 0 Å². The van der Waals surface area contributed by atoms with Crippen LogP contribution in [0, 0.1) is 0 Å². The van der Waals surface area contributed by atoms with Gasteiger partial charge < -0.3 is 5.32 Å². The molecule has 1 aromatic heterocycles. The lowest BCUT2D eigenvalue weighted by atomic mass is 10.2. The van der Waals surface area contributed by atoms with E-state index in [1.165, 1.54) is 16.3 Å². The van der Waals surface area contributed by atoms with Crippen molar-refractivity contribution in [3.05, 3.63) is 70.5 Å². The molecule has 3 rings (SSSR count). The number of hydrogen-bond donors (Lipinski definition) is 1. The second kappa shape index (κ2) is 7.31. The summed E-state index contributed by atoms with van der Waals surface area (Å²) in [6.07, 6.45) is 0. The molecule has 0 bridgehead atoms. The molecule has 2 aromatic carbocycles. The lowest BCUT2D eigenvalue weighted by molar-refractivity contribution is -0.118. The summed E-state index contributed by atoms with van der Waals surface area (Å²) in [5, 5.41) is 3.98. The molecular weight excluding hydrogens is 322 g/mol. The molecular formula is C18H17N3O2S. The van der Waals surface area contributed by atoms with Gasteiger partial charge in [-0.3, -0.25) is 14.2 Å². The number of benzene rings is 2. The highest BCUT2D eigenvalue weighted by atomic mass is 32.2. The smallest absolute Gasteiger partial charge is 0.261 e. The summed E-state index contributed by atoms with van der Waals surface area (Å²) >= 11 is 1.26. The summed E-state index contributed by atoms with van der Waals surface area (Å²) in [6.45, 7) is 0.490. The van der Waals surface area contributed by atoms with Crippen molar-refractivity contribution >= 4 is 28.6 Å². The van der Waals surface area contributed by atoms with Gasteiger partial charge in [-0.25, -0.2) is 4.98 Å². The fraction of sp³-hybridized carbons (Fsp3) is 0.167. The average molecular weight is 339 g/mol. The summed E-state index contributed by atoms with van der Waals surface area (Å²) in [5.74, 6) is 0.122. The first kappa shape index (κ1) is 16.3. The van der Waals surface area contributed by atoms with E-state index in [1.807, 2.05) is 42.5 Å². The highest BCUT2D eigenvalue weighted by Crippen LogP contribution is 2.16. The molecule has 24 heavy (non-hydrogen) atoms. The van der Waals surface area contributed by atoms with E-state index in [2.05, 4.69) is 10.3 Å². The minimum absolute atomic E-state index is 0.0914. The Morgan fingerprint density at radius 3 is 2.62 bits per heavy atom. The van der Waals surface area contributed by atoms with Crippen LogP contribution >= 0.6 is 11.8 Å². The van der Waals surface area contributed by atoms with Crippen molar-refractivity contribution in [3.8, 4) is 0 Å². The molecule has 6 heteroatoms. The second-order valence-electron chi connectivity index (χ2n) is 5.33. The minimum atomic E-state index is -0.104. The molecule has 1 amide bonds. The third-order valence-electron chi connectivity index (χ3n) is 3.61. The van der Waals surface area contributed by atoms with Crippen LogP contribution in [0.2, 0.25) is 0 Å². The highest BCUT2D eigenvalue weighted by molar-refractivity contribution is 7.99. The van der Waals surface area contributed by atoms with Crippen LogP contribution in [-0.2, 0) is 18.4 Å². The van der Waals surface area contributed by atoms with E-state index in [4.69, 9.17) is 0 Å². The average Bonchev–Trinajstić information content (AvgIpc) is 2.62. The minimum Gasteiger partial charge on any atom is -0.351 e. The first-order valence-electron chi connectivity index (χ1n) is 7.54. The van der Waals surface area contributed by atoms with E-state index in [1.54, 1.807) is 19.2 Å². The zero-order valence-electron chi connectivity index (χ0n) is 13.2. The van der Waals surface area contributed by atoms with Crippen LogP contribution in [0.15, 0.2) is 64.5 Å². The molecule has 0 fully saturated rings. The molecule has 122 valence electrons. The maximum absolute atomic E-state index is 12.3. The maximum atomic E-state index is 12.3. The molecule has 0 saturated heterocycles.